The summed E-state index contributed by atoms with van der Waals surface area (Å²) in [5, 5.41) is 21.5. The van der Waals surface area contributed by atoms with Crippen LogP contribution in [-0.2, 0) is 4.79 Å². The maximum Gasteiger partial charge on any atom is 0.236 e. The highest BCUT2D eigenvalue weighted by Gasteiger charge is 2.46. The van der Waals surface area contributed by atoms with E-state index in [0.717, 1.165) is 32.1 Å². The van der Waals surface area contributed by atoms with Crippen molar-refractivity contribution in [1.29, 1.82) is 0 Å². The summed E-state index contributed by atoms with van der Waals surface area (Å²) in [6, 6.07) is 0. The molecule has 0 aromatic carbocycles. The minimum absolute atomic E-state index is 0.0225. The summed E-state index contributed by atoms with van der Waals surface area (Å²) >= 11 is 0. The van der Waals surface area contributed by atoms with Crippen LogP contribution in [0, 0.1) is 11.3 Å². The third-order valence-electron chi connectivity index (χ3n) is 4.80. The predicted molar refractivity (Wildman–Crippen MR) is 75.3 cm³/mol. The topological polar surface area (TPSA) is 99.2 Å². The Bertz CT molecular complexity index is 376. The Morgan fingerprint density at radius 1 is 1.30 bits per heavy atom. The number of rotatable bonds is 3. The van der Waals surface area contributed by atoms with Crippen LogP contribution in [0.4, 0.5) is 0 Å². The van der Waals surface area contributed by atoms with Crippen molar-refractivity contribution in [3.8, 4) is 0 Å². The predicted octanol–water partition coefficient (Wildman–Crippen LogP) is 0.914. The second-order valence-corrected chi connectivity index (χ2v) is 6.07. The lowest BCUT2D eigenvalue weighted by atomic mass is 9.77. The molecular weight excluding hydrogens is 258 g/mol. The number of carbonyl (C=O) groups excluding carboxylic acids is 1. The number of likely N-dealkylation sites (tertiary alicyclic amines) is 1. The first-order valence-corrected chi connectivity index (χ1v) is 7.52. The average molecular weight is 283 g/mol. The number of amides is 1. The molecule has 0 aromatic rings. The Hall–Kier alpha value is -1.30. The van der Waals surface area contributed by atoms with Crippen LogP contribution in [-0.4, -0.2) is 46.7 Å². The molecule has 1 aliphatic heterocycles. The average Bonchev–Trinajstić information content (AvgIpc) is 2.82. The SMILES string of the molecule is NC(=NO)C1(C(=O)N2CCC(CO)C2)CCCCCC1. The molecule has 1 aliphatic carbocycles. The van der Waals surface area contributed by atoms with Gasteiger partial charge in [-0.05, 0) is 19.3 Å². The van der Waals surface area contributed by atoms with Crippen molar-refractivity contribution in [2.45, 2.75) is 44.9 Å². The van der Waals surface area contributed by atoms with Gasteiger partial charge in [0.05, 0.1) is 0 Å². The smallest absolute Gasteiger partial charge is 0.236 e. The van der Waals surface area contributed by atoms with Crippen LogP contribution in [0.1, 0.15) is 44.9 Å². The minimum atomic E-state index is -0.838. The number of oxime groups is 1. The molecule has 2 aliphatic rings. The Morgan fingerprint density at radius 2 is 1.95 bits per heavy atom. The summed E-state index contributed by atoms with van der Waals surface area (Å²) < 4.78 is 0. The van der Waals surface area contributed by atoms with Crippen molar-refractivity contribution in [2.75, 3.05) is 19.7 Å². The first-order chi connectivity index (χ1) is 9.64. The van der Waals surface area contributed by atoms with Crippen LogP contribution >= 0.6 is 0 Å². The number of hydrogen-bond acceptors (Lipinski definition) is 4. The van der Waals surface area contributed by atoms with Crippen LogP contribution in [0.5, 0.6) is 0 Å². The van der Waals surface area contributed by atoms with Gasteiger partial charge in [0, 0.05) is 25.6 Å². The number of aliphatic hydroxyl groups is 1. The van der Waals surface area contributed by atoms with Gasteiger partial charge in [0.25, 0.3) is 0 Å². The van der Waals surface area contributed by atoms with Gasteiger partial charge in [0.15, 0.2) is 5.84 Å². The van der Waals surface area contributed by atoms with Crippen LogP contribution in [0.2, 0.25) is 0 Å². The molecule has 1 unspecified atom stereocenters. The normalized spacial score (nSPS) is 27.4. The van der Waals surface area contributed by atoms with Gasteiger partial charge in [0.2, 0.25) is 5.91 Å². The Kier molecular flexibility index (Phi) is 4.86. The Morgan fingerprint density at radius 3 is 2.45 bits per heavy atom. The highest BCUT2D eigenvalue weighted by Crippen LogP contribution is 2.38. The summed E-state index contributed by atoms with van der Waals surface area (Å²) in [6.07, 6.45) is 6.18. The monoisotopic (exact) mass is 283 g/mol. The quantitative estimate of drug-likeness (QED) is 0.236. The number of carbonyl (C=O) groups is 1. The lowest BCUT2D eigenvalue weighted by Crippen LogP contribution is -2.50. The van der Waals surface area contributed by atoms with E-state index in [9.17, 15) is 9.90 Å². The highest BCUT2D eigenvalue weighted by molar-refractivity contribution is 6.06. The van der Waals surface area contributed by atoms with E-state index in [0.29, 0.717) is 25.9 Å². The van der Waals surface area contributed by atoms with Gasteiger partial charge in [-0.3, -0.25) is 4.79 Å². The van der Waals surface area contributed by atoms with Gasteiger partial charge in [-0.1, -0.05) is 30.8 Å². The number of hydrogen-bond donors (Lipinski definition) is 3. The van der Waals surface area contributed by atoms with Crippen molar-refractivity contribution in [2.24, 2.45) is 22.2 Å². The van der Waals surface area contributed by atoms with Crippen LogP contribution in [0.25, 0.3) is 0 Å². The van der Waals surface area contributed by atoms with E-state index in [1.807, 2.05) is 0 Å². The molecular formula is C14H25N3O3. The lowest BCUT2D eigenvalue weighted by Gasteiger charge is -2.34. The fourth-order valence-electron chi connectivity index (χ4n) is 3.48. The Labute approximate surface area is 119 Å². The third-order valence-corrected chi connectivity index (χ3v) is 4.80. The summed E-state index contributed by atoms with van der Waals surface area (Å²) in [5.41, 5.74) is 5.05. The zero-order valence-corrected chi connectivity index (χ0v) is 11.9. The molecule has 1 saturated carbocycles. The van der Waals surface area contributed by atoms with E-state index >= 15 is 0 Å². The van der Waals surface area contributed by atoms with E-state index in [2.05, 4.69) is 5.16 Å². The Balaban J connectivity index is 2.20. The lowest BCUT2D eigenvalue weighted by molar-refractivity contribution is -0.138. The zero-order valence-electron chi connectivity index (χ0n) is 11.9. The first kappa shape index (κ1) is 15.1. The summed E-state index contributed by atoms with van der Waals surface area (Å²) in [4.78, 5) is 14.7. The van der Waals surface area contributed by atoms with E-state index in [-0.39, 0.29) is 24.3 Å². The highest BCUT2D eigenvalue weighted by atomic mass is 16.4. The molecule has 0 radical (unpaired) electrons. The second kappa shape index (κ2) is 6.43. The second-order valence-electron chi connectivity index (χ2n) is 6.07. The van der Waals surface area contributed by atoms with Crippen LogP contribution in [0.15, 0.2) is 5.16 Å². The van der Waals surface area contributed by atoms with Crippen LogP contribution < -0.4 is 5.73 Å². The van der Waals surface area contributed by atoms with E-state index in [1.54, 1.807) is 4.90 Å². The number of amidine groups is 1. The fourth-order valence-corrected chi connectivity index (χ4v) is 3.48. The largest absolute Gasteiger partial charge is 0.409 e. The number of nitrogens with zero attached hydrogens (tertiary/aromatic N) is 2. The van der Waals surface area contributed by atoms with Gasteiger partial charge in [-0.15, -0.1) is 0 Å². The standard InChI is InChI=1S/C14H25N3O3/c15-12(16-20)14(6-3-1-2-4-7-14)13(19)17-8-5-11(9-17)10-18/h11,18,20H,1-10H2,(H2,15,16). The summed E-state index contributed by atoms with van der Waals surface area (Å²) in [5.74, 6) is 0.191. The minimum Gasteiger partial charge on any atom is -0.409 e. The molecule has 2 fully saturated rings. The fraction of sp³-hybridized carbons (Fsp3) is 0.857. The molecule has 1 saturated heterocycles. The maximum absolute atomic E-state index is 12.9. The van der Waals surface area contributed by atoms with Crippen molar-refractivity contribution in [3.05, 3.63) is 0 Å². The van der Waals surface area contributed by atoms with E-state index in [1.165, 1.54) is 0 Å². The molecule has 4 N–H and O–H groups in total. The molecule has 1 atom stereocenters. The first-order valence-electron chi connectivity index (χ1n) is 7.52. The van der Waals surface area contributed by atoms with Gasteiger partial charge in [-0.25, -0.2) is 0 Å². The molecule has 1 amide bonds. The van der Waals surface area contributed by atoms with E-state index in [4.69, 9.17) is 10.9 Å². The molecule has 114 valence electrons. The molecule has 20 heavy (non-hydrogen) atoms. The number of nitrogens with two attached hydrogens (primary N) is 1. The van der Waals surface area contributed by atoms with Crippen molar-refractivity contribution < 1.29 is 15.1 Å². The molecule has 0 spiro atoms. The number of aliphatic hydroxyl groups excluding tert-OH is 1. The molecule has 1 heterocycles. The maximum atomic E-state index is 12.9. The van der Waals surface area contributed by atoms with Gasteiger partial charge in [0.1, 0.15) is 5.41 Å². The molecule has 6 heteroatoms. The molecule has 6 nitrogen and oxygen atoms in total. The van der Waals surface area contributed by atoms with Gasteiger partial charge < -0.3 is 20.9 Å². The summed E-state index contributed by atoms with van der Waals surface area (Å²) in [7, 11) is 0. The van der Waals surface area contributed by atoms with Crippen LogP contribution in [0.3, 0.4) is 0 Å². The molecule has 2 rings (SSSR count). The van der Waals surface area contributed by atoms with Gasteiger partial charge in [-0.2, -0.15) is 0 Å². The summed E-state index contributed by atoms with van der Waals surface area (Å²) in [6.45, 7) is 1.35. The van der Waals surface area contributed by atoms with E-state index < -0.39 is 5.41 Å². The molecule has 0 aromatic heterocycles. The van der Waals surface area contributed by atoms with Crippen molar-refractivity contribution in [3.63, 3.8) is 0 Å². The molecule has 0 bridgehead atoms. The van der Waals surface area contributed by atoms with Crippen molar-refractivity contribution in [1.82, 2.24) is 4.90 Å². The third kappa shape index (κ3) is 2.75. The van der Waals surface area contributed by atoms with Gasteiger partial charge >= 0.3 is 0 Å². The zero-order chi connectivity index (χ0) is 14.6. The van der Waals surface area contributed by atoms with Crippen molar-refractivity contribution >= 4 is 11.7 Å².